The third kappa shape index (κ3) is 11.0. The molecule has 200 valence electrons. The fraction of sp³-hybridized carbons (Fsp3) is 0.308. The average molecular weight is 567 g/mol. The molecule has 0 aliphatic heterocycles. The first-order valence-electron chi connectivity index (χ1n) is 12.1. The Bertz CT molecular complexity index is 1240. The maximum absolute atomic E-state index is 10.3. The van der Waals surface area contributed by atoms with E-state index in [1.165, 1.54) is 0 Å². The summed E-state index contributed by atoms with van der Waals surface area (Å²) in [6.45, 7) is 1.11. The first-order valence-corrected chi connectivity index (χ1v) is 12.1. The SMILES string of the molecule is O=C([O-])CCCCn1nncc1-c1ccccc1O.O=C([O-])CCCCn1nncc1-c1ccccc1O.[Na+].[Na+]. The zero-order valence-electron chi connectivity index (χ0n) is 22.6. The van der Waals surface area contributed by atoms with E-state index in [-0.39, 0.29) is 83.5 Å². The summed E-state index contributed by atoms with van der Waals surface area (Å²) in [6.07, 6.45) is 5.63. The molecule has 0 amide bonds. The molecule has 0 saturated heterocycles. The number of unbranched alkanes of at least 4 members (excludes halogenated alkanes) is 2. The molecule has 14 heteroatoms. The van der Waals surface area contributed by atoms with E-state index in [4.69, 9.17) is 0 Å². The fourth-order valence-corrected chi connectivity index (χ4v) is 3.71. The monoisotopic (exact) mass is 566 g/mol. The maximum atomic E-state index is 10.3. The van der Waals surface area contributed by atoms with Crippen molar-refractivity contribution in [2.24, 2.45) is 0 Å². The predicted molar refractivity (Wildman–Crippen MR) is 132 cm³/mol. The number of nitrogens with zero attached hydrogens (tertiary/aromatic N) is 6. The van der Waals surface area contributed by atoms with Gasteiger partial charge >= 0.3 is 59.1 Å². The summed E-state index contributed by atoms with van der Waals surface area (Å²) in [4.78, 5) is 20.6. The molecule has 0 radical (unpaired) electrons. The summed E-state index contributed by atoms with van der Waals surface area (Å²) >= 11 is 0. The van der Waals surface area contributed by atoms with Gasteiger partial charge in [-0.3, -0.25) is 0 Å². The van der Waals surface area contributed by atoms with Crippen molar-refractivity contribution in [3.05, 3.63) is 60.9 Å². The number of rotatable bonds is 12. The number of aliphatic carboxylic acids is 2. The number of carbonyl (C=O) groups excluding carboxylic acids is 2. The number of phenolic OH excluding ortho intramolecular Hbond substituents is 2. The largest absolute Gasteiger partial charge is 1.00 e. The van der Waals surface area contributed by atoms with Crippen molar-refractivity contribution in [1.82, 2.24) is 30.0 Å². The van der Waals surface area contributed by atoms with E-state index in [1.807, 2.05) is 12.1 Å². The van der Waals surface area contributed by atoms with Gasteiger partial charge in [-0.05, 0) is 62.8 Å². The van der Waals surface area contributed by atoms with E-state index >= 15 is 0 Å². The van der Waals surface area contributed by atoms with Gasteiger partial charge in [-0.2, -0.15) is 0 Å². The van der Waals surface area contributed by atoms with Crippen molar-refractivity contribution < 1.29 is 89.1 Å². The Balaban J connectivity index is 0.000000381. The Morgan fingerprint density at radius 2 is 1.02 bits per heavy atom. The molecule has 40 heavy (non-hydrogen) atoms. The second kappa shape index (κ2) is 18.6. The molecular weight excluding hydrogens is 538 g/mol. The number of carbonyl (C=O) groups is 2. The van der Waals surface area contributed by atoms with Crippen LogP contribution < -0.4 is 69.3 Å². The van der Waals surface area contributed by atoms with Gasteiger partial charge < -0.3 is 30.0 Å². The molecule has 0 aliphatic carbocycles. The Morgan fingerprint density at radius 1 is 0.650 bits per heavy atom. The molecule has 0 bridgehead atoms. The predicted octanol–water partition coefficient (Wildman–Crippen LogP) is -4.85. The van der Waals surface area contributed by atoms with Gasteiger partial charge in [-0.15, -0.1) is 10.2 Å². The van der Waals surface area contributed by atoms with Crippen LogP contribution in [0.25, 0.3) is 22.5 Å². The van der Waals surface area contributed by atoms with Crippen molar-refractivity contribution in [1.29, 1.82) is 0 Å². The molecule has 2 aromatic carbocycles. The van der Waals surface area contributed by atoms with Crippen molar-refractivity contribution in [3.8, 4) is 34.0 Å². The topological polar surface area (TPSA) is 182 Å². The molecule has 0 aliphatic rings. The number of benzene rings is 2. The first kappa shape index (κ1) is 35.3. The molecule has 4 aromatic rings. The summed E-state index contributed by atoms with van der Waals surface area (Å²) in [5.41, 5.74) is 2.75. The number of hydrogen-bond acceptors (Lipinski definition) is 10. The van der Waals surface area contributed by atoms with Crippen LogP contribution in [0.5, 0.6) is 11.5 Å². The standard InChI is InChI=1S/2C13H15N3O3.2Na/c2*17-12-6-2-1-5-10(12)11-9-14-15-16(11)8-4-3-7-13(18)19;;/h2*1-2,5-6,9,17H,3-4,7-8H2,(H,18,19);;/q;;2*+1/p-2. The number of para-hydroxylation sites is 2. The number of phenols is 2. The van der Waals surface area contributed by atoms with Crippen LogP contribution in [-0.2, 0) is 22.7 Å². The van der Waals surface area contributed by atoms with Crippen LogP contribution in [0.2, 0.25) is 0 Å². The summed E-state index contributed by atoms with van der Waals surface area (Å²) in [5, 5.41) is 55.8. The van der Waals surface area contributed by atoms with Gasteiger partial charge in [0.25, 0.3) is 0 Å². The molecule has 0 spiro atoms. The number of aryl methyl sites for hydroxylation is 2. The van der Waals surface area contributed by atoms with Gasteiger partial charge in [0, 0.05) is 36.2 Å². The summed E-state index contributed by atoms with van der Waals surface area (Å²) in [6, 6.07) is 13.9. The Labute approximate surface area is 275 Å². The third-order valence-corrected chi connectivity index (χ3v) is 5.60. The molecule has 2 aromatic heterocycles. The molecule has 2 N–H and O–H groups in total. The van der Waals surface area contributed by atoms with Gasteiger partial charge in [0.2, 0.25) is 0 Å². The molecule has 0 atom stereocenters. The van der Waals surface area contributed by atoms with Crippen molar-refractivity contribution in [3.63, 3.8) is 0 Å². The number of hydrogen-bond donors (Lipinski definition) is 2. The van der Waals surface area contributed by atoms with E-state index in [9.17, 15) is 30.0 Å². The molecule has 4 rings (SSSR count). The molecule has 0 unspecified atom stereocenters. The minimum Gasteiger partial charge on any atom is -0.550 e. The second-order valence-corrected chi connectivity index (χ2v) is 8.38. The summed E-state index contributed by atoms with van der Waals surface area (Å²) in [7, 11) is 0. The molecule has 12 nitrogen and oxygen atoms in total. The number of aromatic nitrogens is 6. The normalized spacial score (nSPS) is 10.0. The third-order valence-electron chi connectivity index (χ3n) is 5.60. The molecule has 2 heterocycles. The second-order valence-electron chi connectivity index (χ2n) is 8.38. The number of carboxylic acid groups (broad SMARTS) is 2. The van der Waals surface area contributed by atoms with E-state index in [0.717, 1.165) is 0 Å². The van der Waals surface area contributed by atoms with Crippen LogP contribution in [0.4, 0.5) is 0 Å². The zero-order chi connectivity index (χ0) is 27.3. The molecule has 0 fully saturated rings. The first-order chi connectivity index (χ1) is 18.4. The minimum atomic E-state index is -1.04. The Kier molecular flexibility index (Phi) is 16.4. The summed E-state index contributed by atoms with van der Waals surface area (Å²) < 4.78 is 3.31. The van der Waals surface area contributed by atoms with E-state index in [2.05, 4.69) is 20.6 Å². The Hall–Kier alpha value is -2.74. The van der Waals surface area contributed by atoms with Gasteiger partial charge in [0.1, 0.15) is 11.5 Å². The Morgan fingerprint density at radius 3 is 1.38 bits per heavy atom. The number of carboxylic acids is 2. The molecule has 0 saturated carbocycles. The fourth-order valence-electron chi connectivity index (χ4n) is 3.71. The summed E-state index contributed by atoms with van der Waals surface area (Å²) in [5.74, 6) is -1.75. The van der Waals surface area contributed by atoms with E-state index in [0.29, 0.717) is 61.3 Å². The van der Waals surface area contributed by atoms with Crippen LogP contribution in [0.1, 0.15) is 38.5 Å². The van der Waals surface area contributed by atoms with Crippen LogP contribution in [0.3, 0.4) is 0 Å². The van der Waals surface area contributed by atoms with Gasteiger partial charge in [-0.25, -0.2) is 9.36 Å². The van der Waals surface area contributed by atoms with E-state index in [1.54, 1.807) is 58.2 Å². The van der Waals surface area contributed by atoms with Crippen LogP contribution in [-0.4, -0.2) is 52.1 Å². The number of aromatic hydroxyl groups is 2. The van der Waals surface area contributed by atoms with Crippen molar-refractivity contribution in [2.75, 3.05) is 0 Å². The zero-order valence-corrected chi connectivity index (χ0v) is 26.6. The average Bonchev–Trinajstić information content (AvgIpc) is 3.55. The van der Waals surface area contributed by atoms with Gasteiger partial charge in [-0.1, -0.05) is 34.7 Å². The van der Waals surface area contributed by atoms with E-state index < -0.39 is 11.9 Å². The maximum Gasteiger partial charge on any atom is 1.00 e. The van der Waals surface area contributed by atoms with Crippen LogP contribution >= 0.6 is 0 Å². The van der Waals surface area contributed by atoms with Crippen LogP contribution in [0.15, 0.2) is 60.9 Å². The van der Waals surface area contributed by atoms with Gasteiger partial charge in [0.05, 0.1) is 23.8 Å². The van der Waals surface area contributed by atoms with Crippen LogP contribution in [0, 0.1) is 0 Å². The van der Waals surface area contributed by atoms with Gasteiger partial charge in [0.15, 0.2) is 0 Å². The molecular formula is C26H28N6Na2O6. The van der Waals surface area contributed by atoms with Crippen molar-refractivity contribution in [2.45, 2.75) is 51.6 Å². The van der Waals surface area contributed by atoms with Crippen molar-refractivity contribution >= 4 is 11.9 Å². The smallest absolute Gasteiger partial charge is 0.550 e. The quantitative estimate of drug-likeness (QED) is 0.125. The minimum absolute atomic E-state index is 0.